The van der Waals surface area contributed by atoms with Gasteiger partial charge < -0.3 is 19.6 Å². The molecule has 7 heterocycles. The zero-order valence-electron chi connectivity index (χ0n) is 89.3. The first-order valence-electron chi connectivity index (χ1n) is 50.8. The molecule has 0 N–H and O–H groups in total. The van der Waals surface area contributed by atoms with Crippen LogP contribution in [0, 0.1) is 0 Å². The summed E-state index contributed by atoms with van der Waals surface area (Å²) in [5.74, 6) is 0. The molecule has 13 nitrogen and oxygen atoms in total. The van der Waals surface area contributed by atoms with Crippen molar-refractivity contribution >= 4 is 86.3 Å². The van der Waals surface area contributed by atoms with Crippen molar-refractivity contribution < 1.29 is 39.0 Å². The maximum absolute atomic E-state index is 14.3. The molecule has 0 spiro atoms. The van der Waals surface area contributed by atoms with Gasteiger partial charge in [0.05, 0.1) is 63.5 Å². The van der Waals surface area contributed by atoms with Gasteiger partial charge in [0, 0.05) is 92.4 Å². The Kier molecular flexibility index (Phi) is 28.2. The number of hydrogen-bond acceptors (Lipinski definition) is 10. The average Bonchev–Trinajstić information content (AvgIpc) is 0.686. The summed E-state index contributed by atoms with van der Waals surface area (Å²) in [5.41, 5.74) is 29.7. The Balaban J connectivity index is 0.000000172. The number of nitrogens with zero attached hydrogens (tertiary/aromatic N) is 7. The maximum atomic E-state index is 14.3. The SMILES string of the molecule is C=C(C)c1cc[n+](CCCN2c3ccc(C(C)(C)C)cc3S(=O)(=O)c3cc(C(C)(C)C)ccc32)cc1.CC(C)(C)c1ccc2c(c1)S(=O)(=O)c1cc(C(C)(C)C)ccc1N2CCCc1ccc(-c2ccc(-c3cc[n+](CCCN4c5ccc(C(C)(C)C)cc5S(=O)(=O)c5cc(C(C)(C)C)ccc54)cc3)cc2)cc1.C[n+]1ccc(-c2ccc(N3c4ccc(C(C)(C)C)cc4Cc4cc(C(C)(C)C)ccc43)cc2)cc1. The van der Waals surface area contributed by atoms with Crippen molar-refractivity contribution in [3.05, 3.63) is 365 Å². The minimum atomic E-state index is -3.72. The fourth-order valence-corrected chi connectivity index (χ4v) is 24.7. The van der Waals surface area contributed by atoms with Crippen LogP contribution in [0.4, 0.5) is 51.2 Å². The van der Waals surface area contributed by atoms with E-state index in [0.717, 1.165) is 146 Å². The Morgan fingerprint density at radius 2 is 0.510 bits per heavy atom. The molecule has 0 saturated heterocycles. The summed E-state index contributed by atoms with van der Waals surface area (Å²) in [7, 11) is -9.03. The van der Waals surface area contributed by atoms with Crippen LogP contribution in [0.2, 0.25) is 0 Å². The van der Waals surface area contributed by atoms with Crippen molar-refractivity contribution in [2.24, 2.45) is 7.05 Å². The molecule has 11 aromatic carbocycles. The second-order valence-electron chi connectivity index (χ2n) is 48.1. The fraction of sp³-hybridized carbons (Fsp3) is 0.346. The Labute approximate surface area is 854 Å². The largest absolute Gasteiger partial charge is 0.339 e. The smallest absolute Gasteiger partial charge is 0.210 e. The lowest BCUT2D eigenvalue weighted by molar-refractivity contribution is -0.697. The van der Waals surface area contributed by atoms with Crippen LogP contribution in [0.15, 0.2) is 328 Å². The predicted molar refractivity (Wildman–Crippen MR) is 593 cm³/mol. The maximum Gasteiger partial charge on any atom is 0.210 e. The average molecular weight is 1960 g/mol. The van der Waals surface area contributed by atoms with E-state index < -0.39 is 29.5 Å². The lowest BCUT2D eigenvalue weighted by atomic mass is 9.82. The summed E-state index contributed by atoms with van der Waals surface area (Å²) in [6.45, 7) is 61.6. The molecule has 0 radical (unpaired) electrons. The number of sulfone groups is 3. The summed E-state index contributed by atoms with van der Waals surface area (Å²) < 4.78 is 91.5. The molecule has 0 unspecified atom stereocenters. The highest BCUT2D eigenvalue weighted by atomic mass is 32.2. The van der Waals surface area contributed by atoms with Gasteiger partial charge >= 0.3 is 0 Å². The molecule has 0 atom stereocenters. The fourth-order valence-electron chi connectivity index (χ4n) is 19.6. The number of aromatic nitrogens is 3. The molecular formula is C127H148N7O6S3+3. The number of pyridine rings is 3. The van der Waals surface area contributed by atoms with Crippen molar-refractivity contribution in [3.63, 3.8) is 0 Å². The molecule has 0 fully saturated rings. The highest BCUT2D eigenvalue weighted by Gasteiger charge is 2.42. The first-order valence-corrected chi connectivity index (χ1v) is 55.3. The summed E-state index contributed by atoms with van der Waals surface area (Å²) in [4.78, 5) is 11.4. The van der Waals surface area contributed by atoms with Gasteiger partial charge in [-0.25, -0.2) is 39.0 Å². The molecule has 742 valence electrons. The van der Waals surface area contributed by atoms with Crippen LogP contribution < -0.4 is 33.3 Å². The third-order valence-electron chi connectivity index (χ3n) is 28.9. The van der Waals surface area contributed by atoms with E-state index in [1.165, 1.54) is 56.0 Å². The lowest BCUT2D eigenvalue weighted by Crippen LogP contribution is -2.35. The highest BCUT2D eigenvalue weighted by Crippen LogP contribution is 2.53. The molecule has 4 aliphatic rings. The number of aryl methyl sites for hydroxylation is 4. The van der Waals surface area contributed by atoms with E-state index >= 15 is 0 Å². The first-order chi connectivity index (χ1) is 66.9. The van der Waals surface area contributed by atoms with Crippen LogP contribution in [0.25, 0.3) is 39.0 Å². The standard InChI is InChI=1S/C63H72N3O4S2.C33H37N2.C31H39N2O2S/c1-60(2,3)48-24-28-52-56(39-48)71(67,68)57-40-49(61(4,5)6)25-29-53(57)65(52)35-13-15-43-16-18-44(19-17-43)45-20-22-46(23-21-45)47-32-37-64(38-33-47)34-14-36-66-54-30-26-50(62(7,8)9)41-58(54)72(69,70)59-42-51(63(10,11)12)27-31-55(59)66;1-32(2,3)27-10-14-30-25(21-27)20-26-22-28(33(4,5)6)11-15-31(26)35(30)29-12-8-23(9-13-29)24-16-18-34(7)19-17-24;1-22(2)23-14-18-32(19-15-23)16-9-17-33-26-12-10-24(30(3,4)5)20-28(26)36(34,35)29-21-25(31(6,7)8)11-13-27(29)33/h16-33,37-42H,13-15,34-36H2,1-12H3;8-19,21-22H,20H2,1-7H3;10-15,18-21H,1,9,16-17H2,2-8H3/q3*+1. The van der Waals surface area contributed by atoms with Crippen LogP contribution >= 0.6 is 0 Å². The minimum absolute atomic E-state index is 0.126. The quantitative estimate of drug-likeness (QED) is 0.0813. The molecular weight excluding hydrogens is 1820 g/mol. The summed E-state index contributed by atoms with van der Waals surface area (Å²) in [6, 6.07) is 89.3. The Morgan fingerprint density at radius 3 is 0.783 bits per heavy atom. The number of fused-ring (bicyclic) bond motifs is 8. The van der Waals surface area contributed by atoms with Gasteiger partial charge in [-0.05, 0) is 260 Å². The van der Waals surface area contributed by atoms with Gasteiger partial charge in [0.25, 0.3) is 0 Å². The molecule has 18 rings (SSSR count). The Bertz CT molecular complexity index is 7010. The van der Waals surface area contributed by atoms with Crippen LogP contribution in [0.5, 0.6) is 0 Å². The van der Waals surface area contributed by atoms with E-state index in [4.69, 9.17) is 0 Å². The number of rotatable bonds is 17. The topological polar surface area (TPSA) is 127 Å². The number of hydrogen-bond donors (Lipinski definition) is 0. The highest BCUT2D eigenvalue weighted by molar-refractivity contribution is 7.92. The van der Waals surface area contributed by atoms with E-state index in [2.05, 4.69) is 425 Å². The van der Waals surface area contributed by atoms with Gasteiger partial charge in [-0.3, -0.25) is 0 Å². The lowest BCUT2D eigenvalue weighted by Gasteiger charge is -2.35. The van der Waals surface area contributed by atoms with Gasteiger partial charge in [-0.15, -0.1) is 0 Å². The molecule has 143 heavy (non-hydrogen) atoms. The molecule has 14 aromatic rings. The van der Waals surface area contributed by atoms with Crippen LogP contribution in [-0.4, -0.2) is 44.9 Å². The molecule has 0 amide bonds. The second-order valence-corrected chi connectivity index (χ2v) is 53.7. The van der Waals surface area contributed by atoms with E-state index in [1.807, 2.05) is 86.8 Å². The second kappa shape index (κ2) is 39.0. The van der Waals surface area contributed by atoms with Crippen molar-refractivity contribution in [1.82, 2.24) is 0 Å². The normalized spacial score (nSPS) is 14.6. The molecule has 0 saturated carbocycles. The van der Waals surface area contributed by atoms with E-state index in [-0.39, 0.29) is 43.3 Å². The molecule has 0 bridgehead atoms. The minimum Gasteiger partial charge on any atom is -0.339 e. The first kappa shape index (κ1) is 104. The summed E-state index contributed by atoms with van der Waals surface area (Å²) in [5, 5.41) is 0. The molecule has 3 aromatic heterocycles. The third kappa shape index (κ3) is 22.0. The van der Waals surface area contributed by atoms with Crippen molar-refractivity contribution in [2.75, 3.05) is 39.2 Å². The van der Waals surface area contributed by atoms with Gasteiger partial charge in [0.1, 0.15) is 20.1 Å². The Hall–Kier alpha value is -12.3. The Morgan fingerprint density at radius 1 is 0.280 bits per heavy atom. The molecule has 0 aliphatic carbocycles. The predicted octanol–water partition coefficient (Wildman–Crippen LogP) is 29.9. The number of benzene rings is 11. The number of allylic oxidation sites excluding steroid dienone is 1. The van der Waals surface area contributed by atoms with Crippen LogP contribution in [-0.2, 0) is 106 Å². The zero-order chi connectivity index (χ0) is 103. The molecule has 4 aliphatic heterocycles. The van der Waals surface area contributed by atoms with E-state index in [1.54, 1.807) is 0 Å². The van der Waals surface area contributed by atoms with Gasteiger partial charge in [-0.1, -0.05) is 300 Å². The van der Waals surface area contributed by atoms with Crippen molar-refractivity contribution in [2.45, 2.75) is 291 Å². The summed E-state index contributed by atoms with van der Waals surface area (Å²) >= 11 is 0. The van der Waals surface area contributed by atoms with Crippen LogP contribution in [0.3, 0.4) is 0 Å². The van der Waals surface area contributed by atoms with Crippen LogP contribution in [0.1, 0.15) is 259 Å². The number of anilines is 9. The van der Waals surface area contributed by atoms with E-state index in [9.17, 15) is 25.3 Å². The van der Waals surface area contributed by atoms with Gasteiger partial charge in [0.15, 0.2) is 37.2 Å². The van der Waals surface area contributed by atoms with Gasteiger partial charge in [-0.2, -0.15) is 0 Å². The third-order valence-corrected chi connectivity index (χ3v) is 34.3. The van der Waals surface area contributed by atoms with Crippen molar-refractivity contribution in [3.8, 4) is 33.4 Å². The monoisotopic (exact) mass is 1960 g/mol. The zero-order valence-corrected chi connectivity index (χ0v) is 91.7. The summed E-state index contributed by atoms with van der Waals surface area (Å²) in [6.07, 6.45) is 17.0. The van der Waals surface area contributed by atoms with E-state index in [0.29, 0.717) is 49.0 Å². The van der Waals surface area contributed by atoms with Gasteiger partial charge in [0.2, 0.25) is 29.5 Å². The van der Waals surface area contributed by atoms with Crippen molar-refractivity contribution in [1.29, 1.82) is 0 Å². The molecule has 16 heteroatoms.